The van der Waals surface area contributed by atoms with Gasteiger partial charge in [-0.25, -0.2) is 0 Å². The van der Waals surface area contributed by atoms with Crippen molar-refractivity contribution in [3.8, 4) is 0 Å². The molecule has 3 nitrogen and oxygen atoms in total. The van der Waals surface area contributed by atoms with E-state index in [1.165, 1.54) is 14.2 Å². The van der Waals surface area contributed by atoms with E-state index in [9.17, 15) is 0 Å². The molecule has 0 aromatic heterocycles. The first-order valence-electron chi connectivity index (χ1n) is 2.20. The van der Waals surface area contributed by atoms with E-state index in [0.717, 1.165) is 0 Å². The van der Waals surface area contributed by atoms with Crippen molar-refractivity contribution in [2.45, 2.75) is 5.02 Å². The standard InChI is InChI=1S/C3H8Cl2O3Si/c1-6-9(7-2)8-3(4)5/h3,9H,1-2H3. The maximum atomic E-state index is 5.25. The Kier molecular flexibility index (Phi) is 5.87. The van der Waals surface area contributed by atoms with Gasteiger partial charge in [-0.1, -0.05) is 23.2 Å². The fourth-order valence-electron chi connectivity index (χ4n) is 0.291. The molecular weight excluding hydrogens is 183 g/mol. The lowest BCUT2D eigenvalue weighted by molar-refractivity contribution is 0.145. The van der Waals surface area contributed by atoms with Gasteiger partial charge in [0.15, 0.2) is 0 Å². The van der Waals surface area contributed by atoms with E-state index >= 15 is 0 Å². The second kappa shape index (κ2) is 5.46. The van der Waals surface area contributed by atoms with Crippen LogP contribution in [0, 0.1) is 0 Å². The van der Waals surface area contributed by atoms with E-state index in [1.807, 2.05) is 0 Å². The zero-order valence-electron chi connectivity index (χ0n) is 5.14. The molecule has 0 aromatic carbocycles. The van der Waals surface area contributed by atoms with Crippen LogP contribution in [0.2, 0.25) is 0 Å². The van der Waals surface area contributed by atoms with Gasteiger partial charge in [-0.3, -0.25) is 0 Å². The highest BCUT2D eigenvalue weighted by Crippen LogP contribution is 2.05. The van der Waals surface area contributed by atoms with Crippen LogP contribution < -0.4 is 0 Å². The number of hydrogen-bond donors (Lipinski definition) is 0. The lowest BCUT2D eigenvalue weighted by Gasteiger charge is -2.10. The molecular formula is C3H8Cl2O3Si. The fourth-order valence-corrected chi connectivity index (χ4v) is 1.38. The van der Waals surface area contributed by atoms with Crippen LogP contribution in [0.15, 0.2) is 0 Å². The lowest BCUT2D eigenvalue weighted by Crippen LogP contribution is -2.25. The Morgan fingerprint density at radius 3 is 1.78 bits per heavy atom. The van der Waals surface area contributed by atoms with Gasteiger partial charge < -0.3 is 13.3 Å². The number of alkyl halides is 2. The third-order valence-electron chi connectivity index (χ3n) is 0.599. The molecule has 0 unspecified atom stereocenters. The molecule has 0 atom stereocenters. The zero-order chi connectivity index (χ0) is 7.28. The Morgan fingerprint density at radius 1 is 1.22 bits per heavy atom. The summed E-state index contributed by atoms with van der Waals surface area (Å²) in [7, 11) is 0.951. The summed E-state index contributed by atoms with van der Waals surface area (Å²) in [6, 6.07) is 0. The Morgan fingerprint density at radius 2 is 1.67 bits per heavy atom. The molecule has 56 valence electrons. The van der Waals surface area contributed by atoms with Gasteiger partial charge in [-0.15, -0.1) is 0 Å². The Hall–Kier alpha value is 0.677. The molecule has 0 aliphatic heterocycles. The highest BCUT2D eigenvalue weighted by molar-refractivity contribution is 6.47. The minimum atomic E-state index is -2.01. The molecule has 0 amide bonds. The first-order valence-corrected chi connectivity index (χ1v) is 4.48. The maximum Gasteiger partial charge on any atom is 0.485 e. The second-order valence-corrected chi connectivity index (χ2v) is 3.97. The topological polar surface area (TPSA) is 27.7 Å². The molecule has 0 saturated heterocycles. The molecule has 0 aliphatic rings. The quantitative estimate of drug-likeness (QED) is 0.485. The van der Waals surface area contributed by atoms with E-state index in [0.29, 0.717) is 0 Å². The van der Waals surface area contributed by atoms with Crippen molar-refractivity contribution in [2.75, 3.05) is 14.2 Å². The molecule has 9 heavy (non-hydrogen) atoms. The first-order chi connectivity index (χ1) is 4.20. The van der Waals surface area contributed by atoms with Gasteiger partial charge in [0.2, 0.25) is 5.02 Å². The molecule has 6 heteroatoms. The van der Waals surface area contributed by atoms with Crippen LogP contribution in [-0.2, 0) is 13.3 Å². The minimum Gasteiger partial charge on any atom is -0.379 e. The summed E-state index contributed by atoms with van der Waals surface area (Å²) in [6.07, 6.45) is 0. The minimum absolute atomic E-state index is 0.860. The first kappa shape index (κ1) is 9.68. The van der Waals surface area contributed by atoms with E-state index in [4.69, 9.17) is 36.5 Å². The highest BCUT2D eigenvalue weighted by Gasteiger charge is 2.14. The molecule has 0 aromatic rings. The average molecular weight is 191 g/mol. The largest absolute Gasteiger partial charge is 0.485 e. The molecule has 0 aliphatic carbocycles. The van der Waals surface area contributed by atoms with Gasteiger partial charge >= 0.3 is 9.53 Å². The highest BCUT2D eigenvalue weighted by atomic mass is 35.5. The molecule has 0 saturated carbocycles. The molecule has 0 heterocycles. The zero-order valence-corrected chi connectivity index (χ0v) is 7.80. The summed E-state index contributed by atoms with van der Waals surface area (Å²) in [4.78, 5) is 0. The molecule has 0 radical (unpaired) electrons. The van der Waals surface area contributed by atoms with Crippen LogP contribution in [0.3, 0.4) is 0 Å². The third-order valence-corrected chi connectivity index (χ3v) is 2.41. The molecule has 0 rings (SSSR count). The SMILES string of the molecule is CO[SiH](OC)OC(Cl)Cl. The Labute approximate surface area is 65.8 Å². The molecule has 0 fully saturated rings. The predicted octanol–water partition coefficient (Wildman–Crippen LogP) is 0.774. The number of rotatable bonds is 4. The maximum absolute atomic E-state index is 5.25. The van der Waals surface area contributed by atoms with Gasteiger partial charge in [0.25, 0.3) is 0 Å². The normalized spacial score (nSPS) is 11.3. The Bertz CT molecular complexity index is 68.1. The lowest BCUT2D eigenvalue weighted by atomic mass is 11.7. The van der Waals surface area contributed by atoms with Gasteiger partial charge in [0.1, 0.15) is 0 Å². The van der Waals surface area contributed by atoms with Crippen molar-refractivity contribution in [1.82, 2.24) is 0 Å². The van der Waals surface area contributed by atoms with Crippen molar-refractivity contribution >= 4 is 32.7 Å². The van der Waals surface area contributed by atoms with E-state index in [2.05, 4.69) is 0 Å². The van der Waals surface area contributed by atoms with Crippen molar-refractivity contribution in [2.24, 2.45) is 0 Å². The van der Waals surface area contributed by atoms with Crippen molar-refractivity contribution in [3.63, 3.8) is 0 Å². The van der Waals surface area contributed by atoms with Crippen LogP contribution in [0.1, 0.15) is 0 Å². The van der Waals surface area contributed by atoms with Crippen LogP contribution in [-0.4, -0.2) is 28.8 Å². The molecule has 0 spiro atoms. The van der Waals surface area contributed by atoms with Crippen molar-refractivity contribution in [1.29, 1.82) is 0 Å². The van der Waals surface area contributed by atoms with Crippen LogP contribution in [0.5, 0.6) is 0 Å². The van der Waals surface area contributed by atoms with Gasteiger partial charge in [-0.05, 0) is 0 Å². The van der Waals surface area contributed by atoms with Crippen LogP contribution >= 0.6 is 23.2 Å². The van der Waals surface area contributed by atoms with Crippen molar-refractivity contribution in [3.05, 3.63) is 0 Å². The average Bonchev–Trinajstić information content (AvgIpc) is 1.82. The molecule has 0 bridgehead atoms. The van der Waals surface area contributed by atoms with Crippen LogP contribution in [0.4, 0.5) is 0 Å². The monoisotopic (exact) mass is 190 g/mol. The number of halogens is 2. The van der Waals surface area contributed by atoms with Gasteiger partial charge in [0.05, 0.1) is 0 Å². The summed E-state index contributed by atoms with van der Waals surface area (Å²) in [5.74, 6) is 0. The summed E-state index contributed by atoms with van der Waals surface area (Å²) in [5.41, 5.74) is 0. The summed E-state index contributed by atoms with van der Waals surface area (Å²) in [5, 5.41) is -0.860. The second-order valence-electron chi connectivity index (χ2n) is 1.16. The summed E-state index contributed by atoms with van der Waals surface area (Å²) < 4.78 is 14.2. The molecule has 0 N–H and O–H groups in total. The number of hydrogen-bond acceptors (Lipinski definition) is 3. The fraction of sp³-hybridized carbons (Fsp3) is 1.00. The van der Waals surface area contributed by atoms with E-state index < -0.39 is 14.5 Å². The van der Waals surface area contributed by atoms with Crippen LogP contribution in [0.25, 0.3) is 0 Å². The van der Waals surface area contributed by atoms with E-state index in [-0.39, 0.29) is 0 Å². The smallest absolute Gasteiger partial charge is 0.379 e. The Balaban J connectivity index is 3.31. The van der Waals surface area contributed by atoms with E-state index in [1.54, 1.807) is 0 Å². The van der Waals surface area contributed by atoms with Gasteiger partial charge in [0, 0.05) is 14.2 Å². The summed E-state index contributed by atoms with van der Waals surface area (Å²) >= 11 is 10.5. The third kappa shape index (κ3) is 5.14. The summed E-state index contributed by atoms with van der Waals surface area (Å²) in [6.45, 7) is 0. The van der Waals surface area contributed by atoms with Crippen molar-refractivity contribution < 1.29 is 13.3 Å². The predicted molar refractivity (Wildman–Crippen MR) is 37.7 cm³/mol. The van der Waals surface area contributed by atoms with Gasteiger partial charge in [-0.2, -0.15) is 0 Å².